The number of hydrogen-bond acceptors (Lipinski definition) is 0. The highest BCUT2D eigenvalue weighted by atomic mass is 14.5. The van der Waals surface area contributed by atoms with Gasteiger partial charge in [0, 0.05) is 0 Å². The average molecular weight is 250 g/mol. The van der Waals surface area contributed by atoms with E-state index in [2.05, 4.69) is 71.9 Å². The fraction of sp³-hybridized carbons (Fsp3) is 0.444. The lowest BCUT2D eigenvalue weighted by Crippen LogP contribution is -2.43. The molecule has 19 heavy (non-hydrogen) atoms. The molecule has 2 aliphatic rings. The van der Waals surface area contributed by atoms with Crippen LogP contribution in [0.1, 0.15) is 41.5 Å². The Kier molecular flexibility index (Phi) is 2.46. The van der Waals surface area contributed by atoms with Crippen LogP contribution < -0.4 is 5.46 Å². The third-order valence-corrected chi connectivity index (χ3v) is 6.53. The zero-order chi connectivity index (χ0) is 14.0. The highest BCUT2D eigenvalue weighted by Crippen LogP contribution is 2.72. The molecule has 2 heterocycles. The summed E-state index contributed by atoms with van der Waals surface area (Å²) >= 11 is 0. The van der Waals surface area contributed by atoms with Crippen molar-refractivity contribution in [1.29, 1.82) is 0 Å². The number of benzene rings is 1. The van der Waals surface area contributed by atoms with Gasteiger partial charge in [-0.25, -0.2) is 0 Å². The van der Waals surface area contributed by atoms with E-state index in [1.54, 1.807) is 22.3 Å². The molecule has 0 amide bonds. The van der Waals surface area contributed by atoms with E-state index in [1.165, 1.54) is 5.46 Å². The molecule has 0 radical (unpaired) electrons. The molecule has 98 valence electrons. The van der Waals surface area contributed by atoms with Crippen molar-refractivity contribution in [3.63, 3.8) is 0 Å². The molecule has 0 unspecified atom stereocenters. The largest absolute Gasteiger partial charge is 0.205 e. The molecule has 0 N–H and O–H groups in total. The van der Waals surface area contributed by atoms with Crippen LogP contribution in [0.2, 0.25) is 10.6 Å². The van der Waals surface area contributed by atoms with Crippen molar-refractivity contribution in [2.45, 2.75) is 52.2 Å². The van der Waals surface area contributed by atoms with Gasteiger partial charge in [-0.05, 0) is 38.3 Å². The molecule has 1 heteroatoms. The van der Waals surface area contributed by atoms with Gasteiger partial charge < -0.3 is 0 Å². The Morgan fingerprint density at radius 2 is 1.05 bits per heavy atom. The minimum absolute atomic E-state index is 0.213. The minimum atomic E-state index is 0.213. The predicted octanol–water partition coefficient (Wildman–Crippen LogP) is 4.61. The first-order chi connectivity index (χ1) is 8.86. The summed E-state index contributed by atoms with van der Waals surface area (Å²) in [4.78, 5) is 0. The van der Waals surface area contributed by atoms with Gasteiger partial charge in [0.15, 0.2) is 0 Å². The maximum absolute atomic E-state index is 2.45. The number of rotatable bonds is 1. The number of allylic oxidation sites excluding steroid dienone is 4. The van der Waals surface area contributed by atoms with Gasteiger partial charge in [0.2, 0.25) is 6.71 Å². The second-order valence-electron chi connectivity index (χ2n) is 6.75. The Balaban J connectivity index is 2.27. The van der Waals surface area contributed by atoms with E-state index in [4.69, 9.17) is 0 Å². The van der Waals surface area contributed by atoms with E-state index < -0.39 is 0 Å². The molecule has 2 bridgehead atoms. The first-order valence-electron chi connectivity index (χ1n) is 7.28. The minimum Gasteiger partial charge on any atom is -0.0774 e. The van der Waals surface area contributed by atoms with Gasteiger partial charge in [-0.15, -0.1) is 0 Å². The highest BCUT2D eigenvalue weighted by Gasteiger charge is 2.64. The lowest BCUT2D eigenvalue weighted by atomic mass is 9.24. The maximum atomic E-state index is 2.45. The Hall–Kier alpha value is -1.24. The van der Waals surface area contributed by atoms with E-state index in [9.17, 15) is 0 Å². The van der Waals surface area contributed by atoms with E-state index in [0.29, 0.717) is 6.71 Å². The summed E-state index contributed by atoms with van der Waals surface area (Å²) in [6.07, 6.45) is 0. The second kappa shape index (κ2) is 3.65. The van der Waals surface area contributed by atoms with Crippen LogP contribution in [0.5, 0.6) is 0 Å². The summed E-state index contributed by atoms with van der Waals surface area (Å²) in [5.41, 5.74) is 7.85. The zero-order valence-electron chi connectivity index (χ0n) is 13.0. The molecule has 2 aliphatic heterocycles. The van der Waals surface area contributed by atoms with E-state index >= 15 is 0 Å². The normalized spacial score (nSPS) is 33.7. The van der Waals surface area contributed by atoms with Crippen LogP contribution in [-0.4, -0.2) is 6.71 Å². The molecule has 0 spiro atoms. The third kappa shape index (κ3) is 1.22. The van der Waals surface area contributed by atoms with Gasteiger partial charge in [-0.3, -0.25) is 0 Å². The van der Waals surface area contributed by atoms with Gasteiger partial charge in [0.05, 0.1) is 0 Å². The van der Waals surface area contributed by atoms with Gasteiger partial charge in [-0.1, -0.05) is 71.9 Å². The van der Waals surface area contributed by atoms with Crippen molar-refractivity contribution < 1.29 is 0 Å². The maximum Gasteiger partial charge on any atom is 0.205 e. The molecule has 0 atom stereocenters. The van der Waals surface area contributed by atoms with Crippen molar-refractivity contribution in [3.05, 3.63) is 52.6 Å². The molecule has 3 rings (SSSR count). The number of hydrogen-bond donors (Lipinski definition) is 0. The molecule has 1 aromatic carbocycles. The molecule has 0 saturated heterocycles. The summed E-state index contributed by atoms with van der Waals surface area (Å²) in [6, 6.07) is 11.1. The second-order valence-corrected chi connectivity index (χ2v) is 6.75. The lowest BCUT2D eigenvalue weighted by Gasteiger charge is -2.32. The molecular weight excluding hydrogens is 227 g/mol. The molecule has 0 fully saturated rings. The predicted molar refractivity (Wildman–Crippen MR) is 85.3 cm³/mol. The van der Waals surface area contributed by atoms with Gasteiger partial charge in [0.1, 0.15) is 0 Å². The molecule has 0 nitrogen and oxygen atoms in total. The summed E-state index contributed by atoms with van der Waals surface area (Å²) in [6.45, 7) is 14.8. The SMILES string of the molecule is CC1=C(C)C2(C)B(c3ccccc3)C1(C)C(C)=C2C. The van der Waals surface area contributed by atoms with Gasteiger partial charge >= 0.3 is 0 Å². The summed E-state index contributed by atoms with van der Waals surface area (Å²) < 4.78 is 0. The third-order valence-electron chi connectivity index (χ3n) is 6.53. The smallest absolute Gasteiger partial charge is 0.0774 e. The van der Waals surface area contributed by atoms with Crippen LogP contribution in [0.3, 0.4) is 0 Å². The van der Waals surface area contributed by atoms with Gasteiger partial charge in [-0.2, -0.15) is 0 Å². The van der Waals surface area contributed by atoms with Crippen molar-refractivity contribution in [2.75, 3.05) is 0 Å². The Morgan fingerprint density at radius 3 is 1.42 bits per heavy atom. The fourth-order valence-electron chi connectivity index (χ4n) is 4.88. The van der Waals surface area contributed by atoms with Crippen LogP contribution in [-0.2, 0) is 0 Å². The van der Waals surface area contributed by atoms with Crippen LogP contribution in [0.15, 0.2) is 52.6 Å². The first-order valence-corrected chi connectivity index (χ1v) is 7.28. The van der Waals surface area contributed by atoms with E-state index in [-0.39, 0.29) is 10.6 Å². The van der Waals surface area contributed by atoms with Crippen LogP contribution in [0.4, 0.5) is 0 Å². The fourth-order valence-corrected chi connectivity index (χ4v) is 4.88. The molecule has 0 saturated carbocycles. The van der Waals surface area contributed by atoms with Crippen molar-refractivity contribution in [1.82, 2.24) is 0 Å². The molecular formula is C18H23B. The number of fused-ring (bicyclic) bond motifs is 2. The summed E-state index contributed by atoms with van der Waals surface area (Å²) in [5, 5.41) is 0.425. The summed E-state index contributed by atoms with van der Waals surface area (Å²) in [7, 11) is 0. The van der Waals surface area contributed by atoms with E-state index in [1.807, 2.05) is 0 Å². The molecule has 0 aliphatic carbocycles. The Bertz CT molecular complexity index is 544. The topological polar surface area (TPSA) is 0 Å². The van der Waals surface area contributed by atoms with Crippen molar-refractivity contribution in [2.24, 2.45) is 0 Å². The zero-order valence-corrected chi connectivity index (χ0v) is 13.0. The Labute approximate surface area is 117 Å². The van der Waals surface area contributed by atoms with E-state index in [0.717, 1.165) is 0 Å². The monoisotopic (exact) mass is 250 g/mol. The van der Waals surface area contributed by atoms with Crippen LogP contribution in [0, 0.1) is 0 Å². The van der Waals surface area contributed by atoms with Gasteiger partial charge in [0.25, 0.3) is 0 Å². The highest BCUT2D eigenvalue weighted by molar-refractivity contribution is 6.83. The molecule has 0 aromatic heterocycles. The Morgan fingerprint density at radius 1 is 0.684 bits per heavy atom. The average Bonchev–Trinajstić information content (AvgIpc) is 2.67. The standard InChI is InChI=1S/C18H23B/c1-12-13(2)18(6)15(4)14(3)17(12,5)19(18)16-10-8-7-9-11-16/h7-11H,1-6H3. The lowest BCUT2D eigenvalue weighted by molar-refractivity contribution is 0.762. The van der Waals surface area contributed by atoms with Crippen molar-refractivity contribution >= 4 is 12.2 Å². The molecule has 1 aromatic rings. The quantitative estimate of drug-likeness (QED) is 0.504. The first kappa shape index (κ1) is 12.8. The van der Waals surface area contributed by atoms with Crippen molar-refractivity contribution in [3.8, 4) is 0 Å². The van der Waals surface area contributed by atoms with Crippen LogP contribution >= 0.6 is 0 Å². The van der Waals surface area contributed by atoms with Crippen LogP contribution in [0.25, 0.3) is 0 Å². The summed E-state index contributed by atoms with van der Waals surface area (Å²) in [5.74, 6) is 0.